The van der Waals surface area contributed by atoms with E-state index in [0.717, 1.165) is 6.42 Å². The zero-order chi connectivity index (χ0) is 22.6. The first-order chi connectivity index (χ1) is 15.4. The lowest BCUT2D eigenvalue weighted by molar-refractivity contribution is 0.102. The number of anilines is 1. The van der Waals surface area contributed by atoms with E-state index >= 15 is 0 Å². The number of fused-ring (bicyclic) bond motifs is 1. The fourth-order valence-electron chi connectivity index (χ4n) is 3.24. The molecule has 1 aromatic heterocycles. The van der Waals surface area contributed by atoms with Crippen molar-refractivity contribution in [3.05, 3.63) is 78.1 Å². The number of sulfonamides is 1. The van der Waals surface area contributed by atoms with Crippen LogP contribution >= 0.6 is 0 Å². The van der Waals surface area contributed by atoms with E-state index in [-0.39, 0.29) is 10.5 Å². The normalized spacial score (nSPS) is 14.3. The molecule has 2 N–H and O–H groups in total. The Morgan fingerprint density at radius 1 is 1.00 bits per heavy atom. The van der Waals surface area contributed by atoms with Crippen molar-refractivity contribution in [1.29, 1.82) is 0 Å². The minimum Gasteiger partial charge on any atom is -0.490 e. The summed E-state index contributed by atoms with van der Waals surface area (Å²) in [5.74, 6) is 0.750. The Bertz CT molecular complexity index is 1220. The molecule has 1 amide bonds. The summed E-state index contributed by atoms with van der Waals surface area (Å²) in [6, 6.07) is 15.8. The number of rotatable bonds is 6. The van der Waals surface area contributed by atoms with Crippen LogP contribution in [0.4, 0.5) is 5.69 Å². The van der Waals surface area contributed by atoms with Crippen molar-refractivity contribution >= 4 is 21.6 Å². The maximum atomic E-state index is 12.8. The van der Waals surface area contributed by atoms with Crippen LogP contribution in [0.15, 0.2) is 71.8 Å². The molecule has 1 aliphatic heterocycles. The predicted molar refractivity (Wildman–Crippen MR) is 119 cm³/mol. The Morgan fingerprint density at radius 3 is 2.59 bits per heavy atom. The van der Waals surface area contributed by atoms with Crippen LogP contribution in [0, 0.1) is 0 Å². The van der Waals surface area contributed by atoms with Crippen LogP contribution in [-0.2, 0) is 10.0 Å². The Kier molecular flexibility index (Phi) is 6.38. The second kappa shape index (κ2) is 9.37. The standard InChI is InChI=1S/C23H23N3O5S/c1-16(20-8-2-3-11-24-20)26-32(28,29)19-7-4-6-17(14-19)23(27)25-18-9-10-21-22(15-18)31-13-5-12-30-21/h2-4,6-11,14-16,26H,5,12-13H2,1H3,(H,25,27)/t16-/m1/s1. The minimum atomic E-state index is -3.86. The number of amides is 1. The number of carbonyl (C=O) groups excluding carboxylic acids is 1. The third-order valence-corrected chi connectivity index (χ3v) is 6.41. The molecule has 0 unspecified atom stereocenters. The van der Waals surface area contributed by atoms with Crippen molar-refractivity contribution in [3.8, 4) is 11.5 Å². The molecular formula is C23H23N3O5S. The molecule has 2 heterocycles. The molecule has 0 saturated heterocycles. The van der Waals surface area contributed by atoms with E-state index in [1.807, 2.05) is 0 Å². The van der Waals surface area contributed by atoms with Crippen molar-refractivity contribution in [2.75, 3.05) is 18.5 Å². The number of carbonyl (C=O) groups is 1. The van der Waals surface area contributed by atoms with Crippen LogP contribution in [-0.4, -0.2) is 32.5 Å². The third-order valence-electron chi connectivity index (χ3n) is 4.88. The quantitative estimate of drug-likeness (QED) is 0.591. The van der Waals surface area contributed by atoms with E-state index in [9.17, 15) is 13.2 Å². The van der Waals surface area contributed by atoms with E-state index in [0.29, 0.717) is 36.1 Å². The minimum absolute atomic E-state index is 0.00778. The highest BCUT2D eigenvalue weighted by Crippen LogP contribution is 2.32. The van der Waals surface area contributed by atoms with E-state index in [2.05, 4.69) is 15.0 Å². The van der Waals surface area contributed by atoms with Gasteiger partial charge >= 0.3 is 0 Å². The first-order valence-corrected chi connectivity index (χ1v) is 11.6. The molecule has 2 aromatic carbocycles. The topological polar surface area (TPSA) is 107 Å². The molecule has 0 spiro atoms. The van der Waals surface area contributed by atoms with Crippen LogP contribution in [0.5, 0.6) is 11.5 Å². The first-order valence-electron chi connectivity index (χ1n) is 10.2. The molecule has 166 valence electrons. The number of aromatic nitrogens is 1. The molecule has 9 heteroatoms. The van der Waals surface area contributed by atoms with Crippen molar-refractivity contribution in [2.45, 2.75) is 24.3 Å². The Hall–Kier alpha value is -3.43. The fraction of sp³-hybridized carbons (Fsp3) is 0.217. The Labute approximate surface area is 186 Å². The Balaban J connectivity index is 1.50. The van der Waals surface area contributed by atoms with Gasteiger partial charge in [0.05, 0.1) is 29.8 Å². The number of pyridine rings is 1. The number of hydrogen-bond donors (Lipinski definition) is 2. The summed E-state index contributed by atoms with van der Waals surface area (Å²) in [7, 11) is -3.86. The van der Waals surface area contributed by atoms with Crippen LogP contribution in [0.3, 0.4) is 0 Å². The van der Waals surface area contributed by atoms with Gasteiger partial charge in [-0.1, -0.05) is 12.1 Å². The zero-order valence-corrected chi connectivity index (χ0v) is 18.3. The summed E-state index contributed by atoms with van der Waals surface area (Å²) in [4.78, 5) is 16.9. The molecule has 0 bridgehead atoms. The van der Waals surface area contributed by atoms with Gasteiger partial charge in [-0.15, -0.1) is 0 Å². The van der Waals surface area contributed by atoms with Gasteiger partial charge in [0.2, 0.25) is 10.0 Å². The smallest absolute Gasteiger partial charge is 0.255 e. The molecule has 4 rings (SSSR count). The van der Waals surface area contributed by atoms with Crippen molar-refractivity contribution in [2.24, 2.45) is 0 Å². The maximum Gasteiger partial charge on any atom is 0.255 e. The molecule has 0 fully saturated rings. The summed E-state index contributed by atoms with van der Waals surface area (Å²) in [6.07, 6.45) is 2.38. The van der Waals surface area contributed by atoms with Gasteiger partial charge in [-0.2, -0.15) is 0 Å². The van der Waals surface area contributed by atoms with Gasteiger partial charge in [-0.25, -0.2) is 13.1 Å². The molecule has 0 saturated carbocycles. The zero-order valence-electron chi connectivity index (χ0n) is 17.4. The number of hydrogen-bond acceptors (Lipinski definition) is 6. The van der Waals surface area contributed by atoms with Crippen LogP contribution in [0.25, 0.3) is 0 Å². The van der Waals surface area contributed by atoms with E-state index in [1.165, 1.54) is 18.2 Å². The van der Waals surface area contributed by atoms with Crippen molar-refractivity contribution < 1.29 is 22.7 Å². The average molecular weight is 454 g/mol. The SMILES string of the molecule is C[C@@H](NS(=O)(=O)c1cccc(C(=O)Nc2ccc3c(c2)OCCCO3)c1)c1ccccn1. The molecular weight excluding hydrogens is 430 g/mol. The van der Waals surface area contributed by atoms with Gasteiger partial charge in [-0.3, -0.25) is 9.78 Å². The lowest BCUT2D eigenvalue weighted by Crippen LogP contribution is -2.27. The number of ether oxygens (including phenoxy) is 2. The summed E-state index contributed by atoms with van der Waals surface area (Å²) in [5, 5.41) is 2.77. The lowest BCUT2D eigenvalue weighted by Gasteiger charge is -2.14. The van der Waals surface area contributed by atoms with Crippen molar-refractivity contribution in [1.82, 2.24) is 9.71 Å². The van der Waals surface area contributed by atoms with Crippen LogP contribution in [0.1, 0.15) is 35.4 Å². The highest BCUT2D eigenvalue weighted by molar-refractivity contribution is 7.89. The molecule has 0 radical (unpaired) electrons. The van der Waals surface area contributed by atoms with E-state index in [1.54, 1.807) is 55.6 Å². The van der Waals surface area contributed by atoms with E-state index < -0.39 is 22.0 Å². The average Bonchev–Trinajstić information content (AvgIpc) is 3.04. The van der Waals surface area contributed by atoms with Gasteiger partial charge in [0.25, 0.3) is 5.91 Å². The highest BCUT2D eigenvalue weighted by Gasteiger charge is 2.21. The van der Waals surface area contributed by atoms with Gasteiger partial charge in [0.1, 0.15) is 0 Å². The van der Waals surface area contributed by atoms with Gasteiger partial charge in [0, 0.05) is 29.9 Å². The van der Waals surface area contributed by atoms with Gasteiger partial charge < -0.3 is 14.8 Å². The summed E-state index contributed by atoms with van der Waals surface area (Å²) >= 11 is 0. The third kappa shape index (κ3) is 5.06. The first kappa shape index (κ1) is 21.8. The maximum absolute atomic E-state index is 12.8. The largest absolute Gasteiger partial charge is 0.490 e. The number of nitrogens with one attached hydrogen (secondary N) is 2. The Morgan fingerprint density at radius 2 is 1.81 bits per heavy atom. The second-order valence-electron chi connectivity index (χ2n) is 7.29. The highest BCUT2D eigenvalue weighted by atomic mass is 32.2. The lowest BCUT2D eigenvalue weighted by atomic mass is 10.2. The van der Waals surface area contributed by atoms with Crippen molar-refractivity contribution in [3.63, 3.8) is 0 Å². The second-order valence-corrected chi connectivity index (χ2v) is 9.01. The fourth-order valence-corrected chi connectivity index (χ4v) is 4.50. The molecule has 1 aliphatic rings. The molecule has 3 aromatic rings. The molecule has 32 heavy (non-hydrogen) atoms. The molecule has 8 nitrogen and oxygen atoms in total. The van der Waals surface area contributed by atoms with Crippen LogP contribution in [0.2, 0.25) is 0 Å². The predicted octanol–water partition coefficient (Wildman–Crippen LogP) is 3.53. The molecule has 0 aliphatic carbocycles. The van der Waals surface area contributed by atoms with Crippen LogP contribution < -0.4 is 19.5 Å². The molecule has 1 atom stereocenters. The summed E-state index contributed by atoms with van der Waals surface area (Å²) in [5.41, 5.74) is 1.33. The number of benzene rings is 2. The monoisotopic (exact) mass is 453 g/mol. The van der Waals surface area contributed by atoms with Gasteiger partial charge in [-0.05, 0) is 49.4 Å². The van der Waals surface area contributed by atoms with E-state index in [4.69, 9.17) is 9.47 Å². The van der Waals surface area contributed by atoms with Gasteiger partial charge in [0.15, 0.2) is 11.5 Å². The summed E-state index contributed by atoms with van der Waals surface area (Å²) in [6.45, 7) is 2.82. The number of nitrogens with zero attached hydrogens (tertiary/aromatic N) is 1. The summed E-state index contributed by atoms with van der Waals surface area (Å²) < 4.78 is 39.5.